The number of aromatic nitrogens is 3. The van der Waals surface area contributed by atoms with E-state index in [1.165, 1.54) is 30.4 Å². The van der Waals surface area contributed by atoms with Crippen molar-refractivity contribution >= 4 is 43.5 Å². The zero-order valence-electron chi connectivity index (χ0n) is 24.1. The molecule has 216 valence electrons. The number of rotatable bonds is 8. The Morgan fingerprint density at radius 1 is 1.05 bits per heavy atom. The van der Waals surface area contributed by atoms with Crippen LogP contribution >= 0.6 is 20.6 Å². The maximum atomic E-state index is 13.7. The molecule has 1 amide bonds. The second-order valence-corrected chi connectivity index (χ2v) is 10.9. The van der Waals surface area contributed by atoms with Gasteiger partial charge in [0.15, 0.2) is 5.78 Å². The third-order valence-electron chi connectivity index (χ3n) is 5.79. The van der Waals surface area contributed by atoms with Crippen LogP contribution in [0, 0.1) is 0 Å². The largest absolute Gasteiger partial charge is 0.322 e. The van der Waals surface area contributed by atoms with E-state index in [-0.39, 0.29) is 17.3 Å². The highest BCUT2D eigenvalue weighted by Gasteiger charge is 2.26. The molecule has 0 aliphatic heterocycles. The van der Waals surface area contributed by atoms with E-state index >= 15 is 0 Å². The number of Topliss-reactive ketones (excluding diaryl/α,β-unsaturated/α-hetero) is 1. The minimum absolute atomic E-state index is 0.0120. The fourth-order valence-electron chi connectivity index (χ4n) is 3.90. The zero-order chi connectivity index (χ0) is 29.9. The van der Waals surface area contributed by atoms with Crippen molar-refractivity contribution < 1.29 is 18.4 Å². The molecule has 1 unspecified atom stereocenters. The van der Waals surface area contributed by atoms with Gasteiger partial charge in [0, 0.05) is 33.9 Å². The quantitative estimate of drug-likeness (QED) is 0.166. The summed E-state index contributed by atoms with van der Waals surface area (Å²) in [6.45, 7) is 11.8. The van der Waals surface area contributed by atoms with Crippen molar-refractivity contribution in [3.05, 3.63) is 81.1 Å². The average Bonchev–Trinajstić information content (AvgIpc) is 3.53. The second kappa shape index (κ2) is 15.7. The molecule has 0 aliphatic rings. The van der Waals surface area contributed by atoms with Gasteiger partial charge in [-0.3, -0.25) is 14.6 Å². The Labute approximate surface area is 241 Å². The van der Waals surface area contributed by atoms with Crippen LogP contribution in [0.3, 0.4) is 0 Å². The molecule has 0 spiro atoms. The predicted octanol–water partition coefficient (Wildman–Crippen LogP) is 8.35. The van der Waals surface area contributed by atoms with E-state index in [9.17, 15) is 18.4 Å². The van der Waals surface area contributed by atoms with Crippen molar-refractivity contribution in [1.29, 1.82) is 0 Å². The number of nitrogens with one attached hydrogen (secondary N) is 1. The fourth-order valence-corrected chi connectivity index (χ4v) is 5.10. The molecule has 1 N–H and O–H groups in total. The number of nitrogens with zero attached hydrogens (tertiary/aromatic N) is 3. The minimum atomic E-state index is -3.02. The topological polar surface area (TPSA) is 76.4 Å². The lowest BCUT2D eigenvalue weighted by atomic mass is 10.0. The number of anilines is 1. The molecule has 0 aliphatic carbocycles. The number of carbonyl (C=O) groups is 2. The van der Waals surface area contributed by atoms with Gasteiger partial charge in [0.05, 0.1) is 29.0 Å². The Hall–Kier alpha value is -3.03. The first-order chi connectivity index (χ1) is 19.0. The normalized spacial score (nSPS) is 10.8. The van der Waals surface area contributed by atoms with E-state index in [0.717, 1.165) is 35.9 Å². The Balaban J connectivity index is 0.000000308. The number of hydrogen-bond acceptors (Lipinski definition) is 5. The van der Waals surface area contributed by atoms with Crippen LogP contribution in [-0.4, -0.2) is 26.3 Å². The smallest absolute Gasteiger partial charge is 0.283 e. The van der Waals surface area contributed by atoms with Gasteiger partial charge in [-0.05, 0) is 55.5 Å². The van der Waals surface area contributed by atoms with Crippen LogP contribution in [0.4, 0.5) is 14.5 Å². The van der Waals surface area contributed by atoms with Gasteiger partial charge in [0.25, 0.3) is 11.6 Å². The summed E-state index contributed by atoms with van der Waals surface area (Å²) in [5, 5.41) is 8.67. The number of thiophene rings is 1. The van der Waals surface area contributed by atoms with Gasteiger partial charge in [0.2, 0.25) is 0 Å². The first kappa shape index (κ1) is 33.2. The molecule has 1 atom stereocenters. The molecule has 40 heavy (non-hydrogen) atoms. The van der Waals surface area contributed by atoms with Crippen LogP contribution < -0.4 is 5.32 Å². The van der Waals surface area contributed by atoms with Gasteiger partial charge in [-0.15, -0.1) is 11.3 Å². The highest BCUT2D eigenvalue weighted by molar-refractivity contribution is 7.17. The Morgan fingerprint density at radius 3 is 2.33 bits per heavy atom. The monoisotopic (exact) mass is 588 g/mol. The number of benzene rings is 1. The molecule has 0 saturated carbocycles. The zero-order valence-corrected chi connectivity index (χ0v) is 26.0. The van der Waals surface area contributed by atoms with Gasteiger partial charge in [-0.2, -0.15) is 13.9 Å². The van der Waals surface area contributed by atoms with Crippen molar-refractivity contribution in [2.45, 2.75) is 79.3 Å². The van der Waals surface area contributed by atoms with Crippen molar-refractivity contribution in [2.75, 3.05) is 5.32 Å². The predicted molar refractivity (Wildman–Crippen MR) is 164 cm³/mol. The van der Waals surface area contributed by atoms with Crippen molar-refractivity contribution in [1.82, 2.24) is 14.6 Å². The first-order valence-electron chi connectivity index (χ1n) is 13.5. The molecular formula is C30H39F2N4O2PS. The summed E-state index contributed by atoms with van der Waals surface area (Å²) in [7, 11) is 1.55. The third kappa shape index (κ3) is 9.00. The van der Waals surface area contributed by atoms with Crippen molar-refractivity contribution in [2.24, 2.45) is 0 Å². The molecular weight excluding hydrogens is 549 g/mol. The summed E-state index contributed by atoms with van der Waals surface area (Å²) in [4.78, 5) is 28.9. The van der Waals surface area contributed by atoms with E-state index in [0.29, 0.717) is 23.2 Å². The van der Waals surface area contributed by atoms with E-state index in [1.54, 1.807) is 55.9 Å². The van der Waals surface area contributed by atoms with Crippen LogP contribution in [0.1, 0.15) is 96.7 Å². The number of hydrogen-bond donors (Lipinski definition) is 1. The third-order valence-corrected chi connectivity index (χ3v) is 7.30. The first-order valence-corrected chi connectivity index (χ1v) is 15.0. The lowest BCUT2D eigenvalue weighted by Gasteiger charge is -2.15. The second-order valence-electron chi connectivity index (χ2n) is 9.23. The summed E-state index contributed by atoms with van der Waals surface area (Å²) in [6.07, 6.45) is 11.1. The number of alkyl halides is 2. The summed E-state index contributed by atoms with van der Waals surface area (Å²) < 4.78 is 29.0. The van der Waals surface area contributed by atoms with Crippen molar-refractivity contribution in [3.8, 4) is 0 Å². The Morgan fingerprint density at radius 2 is 1.75 bits per heavy atom. The molecule has 6 nitrogen and oxygen atoms in total. The van der Waals surface area contributed by atoms with Crippen LogP contribution in [0.5, 0.6) is 0 Å². The molecule has 10 heteroatoms. The fraction of sp³-hybridized carbons (Fsp3) is 0.400. The molecule has 4 aromatic rings. The van der Waals surface area contributed by atoms with Crippen LogP contribution in [0.25, 0.3) is 5.52 Å². The van der Waals surface area contributed by atoms with E-state index in [4.69, 9.17) is 0 Å². The summed E-state index contributed by atoms with van der Waals surface area (Å²) in [6, 6.07) is 4.58. The summed E-state index contributed by atoms with van der Waals surface area (Å²) >= 11 is 1.59. The van der Waals surface area contributed by atoms with Gasteiger partial charge in [-0.1, -0.05) is 56.7 Å². The Kier molecular flexibility index (Phi) is 13.0. The molecule has 0 fully saturated rings. The van der Waals surface area contributed by atoms with Gasteiger partial charge < -0.3 is 5.32 Å². The molecule has 4 rings (SSSR count). The SMILES string of the molecule is CC(=O)c1cnn2ccncc12.CCC.CCCc1c(C(=O)Nc2cc(CC)cc(C(F)(F)P)c2)csc1CC. The summed E-state index contributed by atoms with van der Waals surface area (Å²) in [5.74, 6) is -0.219. The average molecular weight is 589 g/mol. The number of carbonyl (C=O) groups excluding carboxylic acids is 2. The lowest BCUT2D eigenvalue weighted by Crippen LogP contribution is -2.14. The van der Waals surface area contributed by atoms with Gasteiger partial charge in [-0.25, -0.2) is 4.52 Å². The number of aryl methyl sites for hydroxylation is 2. The standard InChI is InChI=1S/C19H24F2NOPS.C8H7N3O.C3H8/c1-4-7-15-16(11-25-17(15)6-3)18(23)22-14-9-12(5-2)8-13(10-14)19(20,21)24;1-6(12)7-4-10-11-3-2-9-5-8(7)11;1-3-2/h8-11H,4-7,24H2,1-3H3,(H,22,23);2-5H,1H3;3H2,1-2H3. The number of fused-ring (bicyclic) bond motifs is 1. The highest BCUT2D eigenvalue weighted by Crippen LogP contribution is 2.37. The lowest BCUT2D eigenvalue weighted by molar-refractivity contribution is 0.101. The van der Waals surface area contributed by atoms with Crippen LogP contribution in [0.15, 0.2) is 48.4 Å². The maximum Gasteiger partial charge on any atom is 0.283 e. The van der Waals surface area contributed by atoms with E-state index in [1.807, 2.05) is 12.3 Å². The number of amides is 1. The molecule has 0 bridgehead atoms. The molecule has 3 aromatic heterocycles. The minimum Gasteiger partial charge on any atom is -0.322 e. The maximum absolute atomic E-state index is 13.7. The Bertz CT molecular complexity index is 1410. The van der Waals surface area contributed by atoms with Crippen molar-refractivity contribution in [3.63, 3.8) is 0 Å². The summed E-state index contributed by atoms with van der Waals surface area (Å²) in [5.41, 5.74) is 1.15. The molecule has 0 saturated heterocycles. The molecule has 1 aromatic carbocycles. The van der Waals surface area contributed by atoms with E-state index in [2.05, 4.69) is 43.1 Å². The van der Waals surface area contributed by atoms with E-state index < -0.39 is 5.66 Å². The number of ketones is 1. The highest BCUT2D eigenvalue weighted by atomic mass is 32.1. The number of halogens is 2. The molecule has 0 radical (unpaired) electrons. The van der Waals surface area contributed by atoms with Crippen LogP contribution in [0.2, 0.25) is 0 Å². The van der Waals surface area contributed by atoms with Gasteiger partial charge in [0.1, 0.15) is 0 Å². The van der Waals surface area contributed by atoms with Gasteiger partial charge >= 0.3 is 0 Å². The van der Waals surface area contributed by atoms with Crippen LogP contribution in [-0.2, 0) is 24.9 Å². The molecule has 3 heterocycles.